The van der Waals surface area contributed by atoms with Crippen molar-refractivity contribution < 1.29 is 4.39 Å². The number of aliphatic imine (C=N–C) groups is 1. The zero-order chi connectivity index (χ0) is 18.4. The average Bonchev–Trinajstić information content (AvgIpc) is 3.16. The van der Waals surface area contributed by atoms with Crippen LogP contribution in [0.25, 0.3) is 0 Å². The number of halogens is 2. The van der Waals surface area contributed by atoms with E-state index in [9.17, 15) is 4.39 Å². The van der Waals surface area contributed by atoms with Gasteiger partial charge in [-0.25, -0.2) is 14.4 Å². The fraction of sp³-hybridized carbons (Fsp3) is 0.500. The Kier molecular flexibility index (Phi) is 8.68. The molecule has 0 spiro atoms. The van der Waals surface area contributed by atoms with Gasteiger partial charge < -0.3 is 15.1 Å². The van der Waals surface area contributed by atoms with Gasteiger partial charge in [-0.15, -0.1) is 24.0 Å². The van der Waals surface area contributed by atoms with Gasteiger partial charge in [0, 0.05) is 56.2 Å². The normalized spacial score (nSPS) is 14.9. The maximum atomic E-state index is 13.8. The Bertz CT molecular complexity index is 745. The van der Waals surface area contributed by atoms with E-state index in [4.69, 9.17) is 0 Å². The predicted octanol–water partition coefficient (Wildman–Crippen LogP) is 3.15. The molecular weight excluding hydrogens is 478 g/mol. The van der Waals surface area contributed by atoms with Crippen LogP contribution >= 0.6 is 35.5 Å². The zero-order valence-corrected chi connectivity index (χ0v) is 18.8. The lowest BCUT2D eigenvalue weighted by molar-refractivity contribution is 0.372. The molecule has 0 radical (unpaired) electrons. The molecule has 1 aliphatic heterocycles. The molecule has 27 heavy (non-hydrogen) atoms. The van der Waals surface area contributed by atoms with Crippen molar-refractivity contribution in [3.8, 4) is 0 Å². The summed E-state index contributed by atoms with van der Waals surface area (Å²) < 4.78 is 18.2. The van der Waals surface area contributed by atoms with Crippen molar-refractivity contribution in [2.45, 2.75) is 26.8 Å². The lowest BCUT2D eigenvalue weighted by Gasteiger charge is -2.36. The van der Waals surface area contributed by atoms with Gasteiger partial charge in [0.15, 0.2) is 5.96 Å². The molecule has 1 saturated heterocycles. The molecular formula is C18H26FIN6S. The summed E-state index contributed by atoms with van der Waals surface area (Å²) in [5.74, 6) is 1.54. The van der Waals surface area contributed by atoms with E-state index in [0.717, 1.165) is 56.1 Å². The van der Waals surface area contributed by atoms with Gasteiger partial charge in [-0.2, -0.15) is 4.37 Å². The Hall–Kier alpha value is -1.49. The highest BCUT2D eigenvalue weighted by Gasteiger charge is 2.22. The lowest BCUT2D eigenvalue weighted by Crippen LogP contribution is -2.52. The Morgan fingerprint density at radius 3 is 2.59 bits per heavy atom. The molecule has 2 aromatic rings. The molecule has 1 aromatic heterocycles. The summed E-state index contributed by atoms with van der Waals surface area (Å²) in [6, 6.07) is 6.79. The SMILES string of the molecule is CCNC(=NCc1ccccc1F)N1CCN(c2nc(CC)ns2)CC1.I. The van der Waals surface area contributed by atoms with Crippen LogP contribution in [-0.2, 0) is 13.0 Å². The first-order valence-electron chi connectivity index (χ1n) is 9.05. The van der Waals surface area contributed by atoms with Crippen molar-refractivity contribution in [3.05, 3.63) is 41.5 Å². The van der Waals surface area contributed by atoms with Gasteiger partial charge in [0.2, 0.25) is 5.13 Å². The largest absolute Gasteiger partial charge is 0.357 e. The topological polar surface area (TPSA) is 56.7 Å². The Balaban J connectivity index is 0.00000261. The van der Waals surface area contributed by atoms with Gasteiger partial charge in [-0.1, -0.05) is 25.1 Å². The third-order valence-electron chi connectivity index (χ3n) is 4.32. The number of nitrogens with zero attached hydrogens (tertiary/aromatic N) is 5. The molecule has 1 aliphatic rings. The van der Waals surface area contributed by atoms with E-state index in [1.807, 2.05) is 13.0 Å². The summed E-state index contributed by atoms with van der Waals surface area (Å²) in [6.45, 7) is 8.69. The molecule has 9 heteroatoms. The summed E-state index contributed by atoms with van der Waals surface area (Å²) in [5.41, 5.74) is 0.613. The minimum Gasteiger partial charge on any atom is -0.357 e. The van der Waals surface area contributed by atoms with Crippen LogP contribution in [-0.4, -0.2) is 52.9 Å². The number of aromatic nitrogens is 2. The monoisotopic (exact) mass is 504 g/mol. The highest BCUT2D eigenvalue weighted by molar-refractivity contribution is 14.0. The fourth-order valence-electron chi connectivity index (χ4n) is 2.84. The van der Waals surface area contributed by atoms with E-state index in [-0.39, 0.29) is 29.8 Å². The second-order valence-electron chi connectivity index (χ2n) is 6.08. The van der Waals surface area contributed by atoms with Gasteiger partial charge in [-0.3, -0.25) is 0 Å². The van der Waals surface area contributed by atoms with Crippen molar-refractivity contribution >= 4 is 46.6 Å². The molecule has 148 valence electrons. The predicted molar refractivity (Wildman–Crippen MR) is 120 cm³/mol. The zero-order valence-electron chi connectivity index (χ0n) is 15.7. The van der Waals surface area contributed by atoms with Crippen molar-refractivity contribution in [3.63, 3.8) is 0 Å². The molecule has 0 bridgehead atoms. The van der Waals surface area contributed by atoms with Crippen LogP contribution < -0.4 is 10.2 Å². The van der Waals surface area contributed by atoms with Crippen molar-refractivity contribution in [2.24, 2.45) is 4.99 Å². The molecule has 1 aromatic carbocycles. The average molecular weight is 504 g/mol. The Labute approximate surface area is 181 Å². The number of aryl methyl sites for hydroxylation is 1. The highest BCUT2D eigenvalue weighted by atomic mass is 127. The van der Waals surface area contributed by atoms with Crippen LogP contribution in [0.4, 0.5) is 9.52 Å². The first-order chi connectivity index (χ1) is 12.7. The van der Waals surface area contributed by atoms with Crippen LogP contribution in [0.1, 0.15) is 25.2 Å². The molecule has 0 saturated carbocycles. The fourth-order valence-corrected chi connectivity index (χ4v) is 3.64. The Morgan fingerprint density at radius 2 is 1.96 bits per heavy atom. The van der Waals surface area contributed by atoms with Crippen molar-refractivity contribution in [2.75, 3.05) is 37.6 Å². The summed E-state index contributed by atoms with van der Waals surface area (Å²) in [4.78, 5) is 13.7. The van der Waals surface area contributed by atoms with E-state index in [1.54, 1.807) is 12.1 Å². The van der Waals surface area contributed by atoms with Gasteiger partial charge in [-0.05, 0) is 13.0 Å². The summed E-state index contributed by atoms with van der Waals surface area (Å²) in [5, 5.41) is 4.31. The first-order valence-corrected chi connectivity index (χ1v) is 9.82. The molecule has 0 aliphatic carbocycles. The van der Waals surface area contributed by atoms with Crippen molar-refractivity contribution in [1.29, 1.82) is 0 Å². The molecule has 2 heterocycles. The summed E-state index contributed by atoms with van der Waals surface area (Å²) in [7, 11) is 0. The van der Waals surface area contributed by atoms with Gasteiger partial charge in [0.05, 0.1) is 6.54 Å². The second-order valence-corrected chi connectivity index (χ2v) is 6.81. The molecule has 0 unspecified atom stereocenters. The first kappa shape index (κ1) is 21.8. The van der Waals surface area contributed by atoms with Crippen molar-refractivity contribution in [1.82, 2.24) is 19.6 Å². The number of piperazine rings is 1. The van der Waals surface area contributed by atoms with Gasteiger partial charge in [0.25, 0.3) is 0 Å². The van der Waals surface area contributed by atoms with Gasteiger partial charge in [0.1, 0.15) is 11.6 Å². The number of hydrogen-bond donors (Lipinski definition) is 1. The van der Waals surface area contributed by atoms with E-state index in [2.05, 4.69) is 36.4 Å². The van der Waals surface area contributed by atoms with Crippen LogP contribution in [0.15, 0.2) is 29.3 Å². The van der Waals surface area contributed by atoms with Crippen LogP contribution in [0.2, 0.25) is 0 Å². The van der Waals surface area contributed by atoms with Crippen LogP contribution in [0.3, 0.4) is 0 Å². The molecule has 1 N–H and O–H groups in total. The number of hydrogen-bond acceptors (Lipinski definition) is 5. The maximum absolute atomic E-state index is 13.8. The molecule has 0 amide bonds. The number of rotatable bonds is 5. The quantitative estimate of drug-likeness (QED) is 0.385. The standard InChI is InChI=1S/C18H25FN6S.HI/c1-3-16-22-18(26-23-16)25-11-9-24(10-12-25)17(20-4-2)21-13-14-7-5-6-8-15(14)19;/h5-8H,3-4,9-13H2,1-2H3,(H,20,21);1H. The number of anilines is 1. The summed E-state index contributed by atoms with van der Waals surface area (Å²) >= 11 is 1.47. The van der Waals surface area contributed by atoms with Crippen LogP contribution in [0, 0.1) is 5.82 Å². The number of nitrogens with one attached hydrogen (secondary N) is 1. The third-order valence-corrected chi connectivity index (χ3v) is 5.13. The molecule has 1 fully saturated rings. The minimum absolute atomic E-state index is 0. The van der Waals surface area contributed by atoms with E-state index in [1.165, 1.54) is 17.6 Å². The summed E-state index contributed by atoms with van der Waals surface area (Å²) in [6.07, 6.45) is 0.865. The van der Waals surface area contributed by atoms with Gasteiger partial charge >= 0.3 is 0 Å². The third kappa shape index (κ3) is 5.74. The van der Waals surface area contributed by atoms with E-state index in [0.29, 0.717) is 12.1 Å². The van der Waals surface area contributed by atoms with E-state index < -0.39 is 0 Å². The smallest absolute Gasteiger partial charge is 0.205 e. The maximum Gasteiger partial charge on any atom is 0.205 e. The second kappa shape index (κ2) is 10.7. The Morgan fingerprint density at radius 1 is 1.22 bits per heavy atom. The molecule has 6 nitrogen and oxygen atoms in total. The highest BCUT2D eigenvalue weighted by Crippen LogP contribution is 2.19. The lowest BCUT2D eigenvalue weighted by atomic mass is 10.2. The number of benzene rings is 1. The number of guanidine groups is 1. The van der Waals surface area contributed by atoms with E-state index >= 15 is 0 Å². The molecule has 0 atom stereocenters. The molecule has 3 rings (SSSR count). The van der Waals surface area contributed by atoms with Crippen LogP contribution in [0.5, 0.6) is 0 Å². The minimum atomic E-state index is -0.208.